The number of hydrogen-bond acceptors (Lipinski definition) is 4. The van der Waals surface area contributed by atoms with Gasteiger partial charge in [0.2, 0.25) is 0 Å². The van der Waals surface area contributed by atoms with Crippen LogP contribution in [0, 0.1) is 0 Å². The molecule has 0 aromatic heterocycles. The van der Waals surface area contributed by atoms with Crippen molar-refractivity contribution in [2.45, 2.75) is 31.9 Å². The largest absolute Gasteiger partial charge is 0.395 e. The zero-order valence-corrected chi connectivity index (χ0v) is 7.75. The minimum atomic E-state index is -0.692. The molecule has 0 aliphatic carbocycles. The van der Waals surface area contributed by atoms with Gasteiger partial charge in [0.15, 0.2) is 0 Å². The second kappa shape index (κ2) is 5.48. The lowest BCUT2D eigenvalue weighted by molar-refractivity contribution is 0.0676. The maximum atomic E-state index is 9.31. The molecule has 0 saturated carbocycles. The highest BCUT2D eigenvalue weighted by Gasteiger charge is 2.12. The quantitative estimate of drug-likeness (QED) is 0.424. The van der Waals surface area contributed by atoms with Gasteiger partial charge in [-0.3, -0.25) is 0 Å². The maximum Gasteiger partial charge on any atom is 0.0607 e. The van der Waals surface area contributed by atoms with Crippen LogP contribution in [0.1, 0.15) is 20.3 Å². The Labute approximate surface area is 73.2 Å². The molecule has 12 heavy (non-hydrogen) atoms. The SMILES string of the molecule is CC(C)(O)CCNC(CO)CO. The standard InChI is InChI=1S/C8H19NO3/c1-8(2,12)3-4-9-7(5-10)6-11/h7,9-12H,3-6H2,1-2H3. The number of nitrogens with one attached hydrogen (secondary N) is 1. The first-order chi connectivity index (χ1) is 5.49. The average molecular weight is 177 g/mol. The van der Waals surface area contributed by atoms with E-state index < -0.39 is 5.60 Å². The molecule has 0 atom stereocenters. The van der Waals surface area contributed by atoms with Crippen LogP contribution in [0.15, 0.2) is 0 Å². The topological polar surface area (TPSA) is 72.7 Å². The van der Waals surface area contributed by atoms with Gasteiger partial charge in [-0.2, -0.15) is 0 Å². The van der Waals surface area contributed by atoms with E-state index in [1.165, 1.54) is 0 Å². The molecule has 0 fully saturated rings. The van der Waals surface area contributed by atoms with Crippen LogP contribution in [0.2, 0.25) is 0 Å². The molecule has 4 N–H and O–H groups in total. The molecule has 0 radical (unpaired) electrons. The van der Waals surface area contributed by atoms with Crippen molar-refractivity contribution in [2.75, 3.05) is 19.8 Å². The van der Waals surface area contributed by atoms with Crippen LogP contribution in [-0.2, 0) is 0 Å². The first-order valence-electron chi connectivity index (χ1n) is 4.17. The lowest BCUT2D eigenvalue weighted by Gasteiger charge is -2.19. The minimum absolute atomic E-state index is 0.0810. The van der Waals surface area contributed by atoms with Crippen LogP contribution < -0.4 is 5.32 Å². The summed E-state index contributed by atoms with van der Waals surface area (Å²) in [6.45, 7) is 3.88. The maximum absolute atomic E-state index is 9.31. The summed E-state index contributed by atoms with van der Waals surface area (Å²) >= 11 is 0. The molecule has 0 unspecified atom stereocenters. The van der Waals surface area contributed by atoms with E-state index in [4.69, 9.17) is 10.2 Å². The summed E-state index contributed by atoms with van der Waals surface area (Å²) < 4.78 is 0. The Morgan fingerprint density at radius 2 is 1.75 bits per heavy atom. The summed E-state index contributed by atoms with van der Waals surface area (Å²) in [6.07, 6.45) is 0.601. The van der Waals surface area contributed by atoms with Crippen LogP contribution in [0.25, 0.3) is 0 Å². The third-order valence-corrected chi connectivity index (χ3v) is 1.61. The van der Waals surface area contributed by atoms with Gasteiger partial charge >= 0.3 is 0 Å². The summed E-state index contributed by atoms with van der Waals surface area (Å²) in [5, 5.41) is 29.6. The van der Waals surface area contributed by atoms with Crippen molar-refractivity contribution in [1.82, 2.24) is 5.32 Å². The van der Waals surface area contributed by atoms with E-state index in [-0.39, 0.29) is 19.3 Å². The highest BCUT2D eigenvalue weighted by atomic mass is 16.3. The van der Waals surface area contributed by atoms with Gasteiger partial charge in [0.1, 0.15) is 0 Å². The van der Waals surface area contributed by atoms with E-state index in [9.17, 15) is 5.11 Å². The summed E-state index contributed by atoms with van der Waals surface area (Å²) in [6, 6.07) is -0.271. The first kappa shape index (κ1) is 11.8. The summed E-state index contributed by atoms with van der Waals surface area (Å²) in [7, 11) is 0. The highest BCUT2D eigenvalue weighted by Crippen LogP contribution is 2.05. The Bertz CT molecular complexity index is 107. The van der Waals surface area contributed by atoms with Crippen LogP contribution in [0.5, 0.6) is 0 Å². The van der Waals surface area contributed by atoms with Gasteiger partial charge in [-0.25, -0.2) is 0 Å². The third-order valence-electron chi connectivity index (χ3n) is 1.61. The number of hydrogen-bond donors (Lipinski definition) is 4. The normalized spacial score (nSPS) is 12.5. The highest BCUT2D eigenvalue weighted by molar-refractivity contribution is 4.69. The number of aliphatic hydroxyl groups is 3. The molecule has 4 heteroatoms. The second-order valence-electron chi connectivity index (χ2n) is 3.58. The van der Waals surface area contributed by atoms with Crippen molar-refractivity contribution in [3.05, 3.63) is 0 Å². The zero-order valence-electron chi connectivity index (χ0n) is 7.75. The van der Waals surface area contributed by atoms with E-state index in [1.807, 2.05) is 0 Å². The van der Waals surface area contributed by atoms with Crippen molar-refractivity contribution in [3.63, 3.8) is 0 Å². The van der Waals surface area contributed by atoms with Crippen molar-refractivity contribution >= 4 is 0 Å². The molecular formula is C8H19NO3. The number of rotatable bonds is 6. The Balaban J connectivity index is 3.41. The second-order valence-corrected chi connectivity index (χ2v) is 3.58. The van der Waals surface area contributed by atoms with E-state index in [0.717, 1.165) is 0 Å². The first-order valence-corrected chi connectivity index (χ1v) is 4.17. The summed E-state index contributed by atoms with van der Waals surface area (Å²) in [5.41, 5.74) is -0.692. The van der Waals surface area contributed by atoms with Gasteiger partial charge in [0.05, 0.1) is 24.9 Å². The molecular weight excluding hydrogens is 158 g/mol. The summed E-state index contributed by atoms with van der Waals surface area (Å²) in [5.74, 6) is 0. The minimum Gasteiger partial charge on any atom is -0.395 e. The molecule has 0 aromatic rings. The summed E-state index contributed by atoms with van der Waals surface area (Å²) in [4.78, 5) is 0. The van der Waals surface area contributed by atoms with Gasteiger partial charge in [0.25, 0.3) is 0 Å². The third kappa shape index (κ3) is 6.54. The monoisotopic (exact) mass is 177 g/mol. The van der Waals surface area contributed by atoms with E-state index in [1.54, 1.807) is 13.8 Å². The Hall–Kier alpha value is -0.160. The molecule has 0 spiro atoms. The molecule has 0 aliphatic heterocycles. The molecule has 0 aromatic carbocycles. The lowest BCUT2D eigenvalue weighted by atomic mass is 10.1. The van der Waals surface area contributed by atoms with Crippen LogP contribution >= 0.6 is 0 Å². The van der Waals surface area contributed by atoms with Crippen LogP contribution in [0.3, 0.4) is 0 Å². The van der Waals surface area contributed by atoms with Gasteiger partial charge in [-0.15, -0.1) is 0 Å². The fourth-order valence-electron chi connectivity index (χ4n) is 0.769. The van der Waals surface area contributed by atoms with Crippen molar-refractivity contribution < 1.29 is 15.3 Å². The van der Waals surface area contributed by atoms with Crippen LogP contribution in [-0.4, -0.2) is 46.7 Å². The van der Waals surface area contributed by atoms with Gasteiger partial charge in [0, 0.05) is 0 Å². The fourth-order valence-corrected chi connectivity index (χ4v) is 0.769. The molecule has 74 valence electrons. The van der Waals surface area contributed by atoms with E-state index >= 15 is 0 Å². The predicted octanol–water partition coefficient (Wildman–Crippen LogP) is -0.910. The molecule has 0 bridgehead atoms. The average Bonchev–Trinajstić information content (AvgIpc) is 1.96. The molecule has 4 nitrogen and oxygen atoms in total. The Morgan fingerprint density at radius 3 is 2.08 bits per heavy atom. The van der Waals surface area contributed by atoms with E-state index in [0.29, 0.717) is 13.0 Å². The van der Waals surface area contributed by atoms with Gasteiger partial charge in [-0.05, 0) is 26.8 Å². The Kier molecular flexibility index (Phi) is 5.41. The van der Waals surface area contributed by atoms with E-state index in [2.05, 4.69) is 5.32 Å². The fraction of sp³-hybridized carbons (Fsp3) is 1.00. The number of aliphatic hydroxyl groups excluding tert-OH is 2. The van der Waals surface area contributed by atoms with Crippen molar-refractivity contribution in [2.24, 2.45) is 0 Å². The molecule has 0 amide bonds. The molecule has 0 aliphatic rings. The predicted molar refractivity (Wildman–Crippen MR) is 46.9 cm³/mol. The molecule has 0 saturated heterocycles. The van der Waals surface area contributed by atoms with Crippen molar-refractivity contribution in [1.29, 1.82) is 0 Å². The zero-order chi connectivity index (χ0) is 9.61. The Morgan fingerprint density at radius 1 is 1.25 bits per heavy atom. The van der Waals surface area contributed by atoms with Crippen LogP contribution in [0.4, 0.5) is 0 Å². The van der Waals surface area contributed by atoms with Gasteiger partial charge in [-0.1, -0.05) is 0 Å². The van der Waals surface area contributed by atoms with Crippen molar-refractivity contribution in [3.8, 4) is 0 Å². The molecule has 0 heterocycles. The lowest BCUT2D eigenvalue weighted by Crippen LogP contribution is -2.38. The van der Waals surface area contributed by atoms with Gasteiger partial charge < -0.3 is 20.6 Å². The molecule has 0 rings (SSSR count). The smallest absolute Gasteiger partial charge is 0.0607 e.